The first kappa shape index (κ1) is 16.6. The van der Waals surface area contributed by atoms with Crippen molar-refractivity contribution in [3.8, 4) is 16.9 Å². The fourth-order valence-corrected chi connectivity index (χ4v) is 6.19. The average molecular weight is 389 g/mol. The van der Waals surface area contributed by atoms with E-state index in [0.717, 1.165) is 15.9 Å². The van der Waals surface area contributed by atoms with Gasteiger partial charge in [-0.25, -0.2) is 4.99 Å². The van der Waals surface area contributed by atoms with Crippen LogP contribution in [0.4, 0.5) is 11.4 Å². The van der Waals surface area contributed by atoms with E-state index in [-0.39, 0.29) is 11.3 Å². The van der Waals surface area contributed by atoms with Crippen molar-refractivity contribution in [3.63, 3.8) is 0 Å². The number of aromatic hydroxyl groups is 1. The summed E-state index contributed by atoms with van der Waals surface area (Å²) in [5.74, 6) is 0.162. The number of hydrogen-bond acceptors (Lipinski definition) is 5. The van der Waals surface area contributed by atoms with Crippen molar-refractivity contribution >= 4 is 43.7 Å². The SMILES string of the molecule is Cc1cccc2c1NC(C)(C)c1ssc(=Nc3cc(O)ccc3Cl)c1-2. The van der Waals surface area contributed by atoms with Crippen LogP contribution in [0.15, 0.2) is 41.4 Å². The third-order valence-electron chi connectivity index (χ3n) is 4.34. The molecule has 1 aliphatic rings. The predicted molar refractivity (Wildman–Crippen MR) is 107 cm³/mol. The lowest BCUT2D eigenvalue weighted by Gasteiger charge is -2.34. The van der Waals surface area contributed by atoms with Crippen LogP contribution in [0.2, 0.25) is 5.02 Å². The molecule has 0 aliphatic carbocycles. The van der Waals surface area contributed by atoms with Crippen LogP contribution in [-0.2, 0) is 5.54 Å². The van der Waals surface area contributed by atoms with Crippen LogP contribution in [0.5, 0.6) is 5.75 Å². The van der Waals surface area contributed by atoms with Crippen molar-refractivity contribution < 1.29 is 5.11 Å². The van der Waals surface area contributed by atoms with Crippen LogP contribution in [0.3, 0.4) is 0 Å². The molecule has 128 valence electrons. The number of rotatable bonds is 1. The molecule has 3 aromatic rings. The molecular formula is C19H17ClN2OS2. The van der Waals surface area contributed by atoms with Crippen LogP contribution in [0.25, 0.3) is 11.1 Å². The number of hydrogen-bond donors (Lipinski definition) is 2. The summed E-state index contributed by atoms with van der Waals surface area (Å²) < 4.78 is 0.925. The van der Waals surface area contributed by atoms with E-state index >= 15 is 0 Å². The second kappa shape index (κ2) is 5.87. The van der Waals surface area contributed by atoms with Gasteiger partial charge in [0.25, 0.3) is 0 Å². The third kappa shape index (κ3) is 2.76. The lowest BCUT2D eigenvalue weighted by molar-refractivity contribution is 0.475. The zero-order chi connectivity index (χ0) is 17.8. The highest BCUT2D eigenvalue weighted by molar-refractivity contribution is 7.68. The number of para-hydroxylation sites is 1. The molecule has 0 spiro atoms. The van der Waals surface area contributed by atoms with Crippen molar-refractivity contribution in [3.05, 3.63) is 56.5 Å². The minimum Gasteiger partial charge on any atom is -0.508 e. The molecule has 2 aromatic carbocycles. The van der Waals surface area contributed by atoms with E-state index in [0.29, 0.717) is 10.7 Å². The second-order valence-corrected chi connectivity index (χ2v) is 9.21. The van der Waals surface area contributed by atoms with E-state index in [9.17, 15) is 5.11 Å². The molecule has 6 heteroatoms. The molecule has 1 aliphatic heterocycles. The number of anilines is 1. The molecule has 0 radical (unpaired) electrons. The van der Waals surface area contributed by atoms with Gasteiger partial charge < -0.3 is 10.4 Å². The molecular weight excluding hydrogens is 372 g/mol. The van der Waals surface area contributed by atoms with Crippen molar-refractivity contribution in [2.45, 2.75) is 26.3 Å². The van der Waals surface area contributed by atoms with Crippen molar-refractivity contribution in [2.75, 3.05) is 5.32 Å². The fourth-order valence-electron chi connectivity index (χ4n) is 3.10. The minimum absolute atomic E-state index is 0.161. The summed E-state index contributed by atoms with van der Waals surface area (Å²) >= 11 is 6.27. The van der Waals surface area contributed by atoms with E-state index in [1.54, 1.807) is 38.9 Å². The number of phenolic OH excluding ortho intramolecular Hbond substituents is 1. The minimum atomic E-state index is -0.161. The molecule has 0 atom stereocenters. The van der Waals surface area contributed by atoms with Gasteiger partial charge in [0, 0.05) is 22.9 Å². The zero-order valence-electron chi connectivity index (χ0n) is 14.1. The maximum atomic E-state index is 9.76. The Kier molecular flexibility index (Phi) is 3.90. The van der Waals surface area contributed by atoms with Gasteiger partial charge in [-0.3, -0.25) is 0 Å². The Morgan fingerprint density at radius 1 is 1.16 bits per heavy atom. The van der Waals surface area contributed by atoms with Crippen LogP contribution in [-0.4, -0.2) is 5.11 Å². The van der Waals surface area contributed by atoms with Crippen LogP contribution >= 0.6 is 32.3 Å². The molecule has 3 nitrogen and oxygen atoms in total. The van der Waals surface area contributed by atoms with Crippen molar-refractivity contribution in [1.82, 2.24) is 0 Å². The smallest absolute Gasteiger partial charge is 0.135 e. The molecule has 0 saturated heterocycles. The second-order valence-electron chi connectivity index (χ2n) is 6.67. The van der Waals surface area contributed by atoms with Gasteiger partial charge in [0.2, 0.25) is 0 Å². The molecule has 2 N–H and O–H groups in total. The van der Waals surface area contributed by atoms with E-state index in [2.05, 4.69) is 44.3 Å². The summed E-state index contributed by atoms with van der Waals surface area (Å²) in [7, 11) is 3.38. The highest BCUT2D eigenvalue weighted by Crippen LogP contribution is 2.46. The van der Waals surface area contributed by atoms with E-state index < -0.39 is 0 Å². The van der Waals surface area contributed by atoms with Gasteiger partial charge >= 0.3 is 0 Å². The van der Waals surface area contributed by atoms with Gasteiger partial charge in [-0.2, -0.15) is 0 Å². The van der Waals surface area contributed by atoms with Gasteiger partial charge in [0.05, 0.1) is 21.1 Å². The monoisotopic (exact) mass is 388 g/mol. The Bertz CT molecular complexity index is 1050. The first-order chi connectivity index (χ1) is 11.9. The molecule has 0 amide bonds. The predicted octanol–water partition coefficient (Wildman–Crippen LogP) is 6.04. The molecule has 2 heterocycles. The van der Waals surface area contributed by atoms with Gasteiger partial charge in [-0.1, -0.05) is 50.5 Å². The van der Waals surface area contributed by atoms with Crippen molar-refractivity contribution in [1.29, 1.82) is 0 Å². The number of halogens is 1. The Balaban J connectivity index is 2.02. The topological polar surface area (TPSA) is 44.6 Å². The Morgan fingerprint density at radius 2 is 1.96 bits per heavy atom. The average Bonchev–Trinajstić information content (AvgIpc) is 2.97. The van der Waals surface area contributed by atoms with Crippen LogP contribution in [0.1, 0.15) is 24.3 Å². The van der Waals surface area contributed by atoms with E-state index in [1.165, 1.54) is 16.0 Å². The maximum absolute atomic E-state index is 9.76. The molecule has 4 rings (SSSR count). The van der Waals surface area contributed by atoms with Crippen LogP contribution in [0, 0.1) is 6.92 Å². The van der Waals surface area contributed by atoms with Crippen molar-refractivity contribution in [2.24, 2.45) is 4.99 Å². The number of fused-ring (bicyclic) bond motifs is 3. The summed E-state index contributed by atoms with van der Waals surface area (Å²) in [5.41, 5.74) is 5.13. The molecule has 0 saturated carbocycles. The number of aryl methyl sites for hydroxylation is 1. The Morgan fingerprint density at radius 3 is 2.76 bits per heavy atom. The normalized spacial score (nSPS) is 15.4. The molecule has 25 heavy (non-hydrogen) atoms. The first-order valence-electron chi connectivity index (χ1n) is 7.92. The summed E-state index contributed by atoms with van der Waals surface area (Å²) in [4.78, 5) is 6.05. The molecule has 0 bridgehead atoms. The standard InChI is InChI=1S/C19H17ClN2OS2/c1-10-5-4-6-12-15-17(19(2,3)22-16(10)12)24-25-18(15)21-14-9-11(23)7-8-13(14)20/h4-9,22-23H,1-3H3. The molecule has 0 fully saturated rings. The third-order valence-corrected chi connectivity index (χ3v) is 7.30. The highest BCUT2D eigenvalue weighted by Gasteiger charge is 2.34. The summed E-state index contributed by atoms with van der Waals surface area (Å²) in [6.07, 6.45) is 0. The summed E-state index contributed by atoms with van der Waals surface area (Å²) in [6, 6.07) is 11.2. The van der Waals surface area contributed by atoms with Gasteiger partial charge in [-0.05, 0) is 38.5 Å². The van der Waals surface area contributed by atoms with Gasteiger partial charge in [-0.15, -0.1) is 0 Å². The first-order valence-corrected chi connectivity index (χ1v) is 10.4. The number of nitrogens with one attached hydrogen (secondary N) is 1. The number of nitrogens with zero attached hydrogens (tertiary/aromatic N) is 1. The Hall–Kier alpha value is -1.82. The maximum Gasteiger partial charge on any atom is 0.135 e. The van der Waals surface area contributed by atoms with Gasteiger partial charge in [0.15, 0.2) is 0 Å². The molecule has 0 unspecified atom stereocenters. The van der Waals surface area contributed by atoms with E-state index in [4.69, 9.17) is 16.6 Å². The van der Waals surface area contributed by atoms with Gasteiger partial charge in [0.1, 0.15) is 10.4 Å². The Labute approximate surface area is 158 Å². The van der Waals surface area contributed by atoms with E-state index in [1.807, 2.05) is 0 Å². The summed E-state index contributed by atoms with van der Waals surface area (Å²) in [5, 5.41) is 14.0. The lowest BCUT2D eigenvalue weighted by Crippen LogP contribution is -2.32. The summed E-state index contributed by atoms with van der Waals surface area (Å²) in [6.45, 7) is 6.50. The molecule has 1 aromatic heterocycles. The largest absolute Gasteiger partial charge is 0.508 e. The zero-order valence-corrected chi connectivity index (χ0v) is 16.4. The number of phenols is 1. The fraction of sp³-hybridized carbons (Fsp3) is 0.211. The van der Waals surface area contributed by atoms with Crippen LogP contribution < -0.4 is 9.99 Å². The highest BCUT2D eigenvalue weighted by atomic mass is 35.5. The number of benzene rings is 2. The lowest BCUT2D eigenvalue weighted by atomic mass is 9.88. The quantitative estimate of drug-likeness (QED) is 0.499.